The lowest BCUT2D eigenvalue weighted by Gasteiger charge is -2.57. The van der Waals surface area contributed by atoms with E-state index in [4.69, 9.17) is 0 Å². The van der Waals surface area contributed by atoms with E-state index in [1.807, 2.05) is 18.2 Å². The van der Waals surface area contributed by atoms with Gasteiger partial charge in [-0.05, 0) is 42.6 Å². The lowest BCUT2D eigenvalue weighted by molar-refractivity contribution is -0.0553. The largest absolute Gasteiger partial charge is 0.395 e. The van der Waals surface area contributed by atoms with Crippen molar-refractivity contribution in [2.75, 3.05) is 26.2 Å². The molecule has 1 N–H and O–H groups in total. The van der Waals surface area contributed by atoms with Crippen molar-refractivity contribution in [3.8, 4) is 11.1 Å². The second-order valence-electron chi connectivity index (χ2n) is 8.71. The molecule has 1 aromatic heterocycles. The first-order chi connectivity index (χ1) is 16.1. The number of rotatable bonds is 5. The van der Waals surface area contributed by atoms with Crippen LogP contribution in [0, 0.1) is 0 Å². The fourth-order valence-corrected chi connectivity index (χ4v) is 6.73. The van der Waals surface area contributed by atoms with E-state index >= 15 is 0 Å². The smallest absolute Gasteiger partial charge is 0.243 e. The summed E-state index contributed by atoms with van der Waals surface area (Å²) in [5.41, 5.74) is 3.10. The van der Waals surface area contributed by atoms with Crippen LogP contribution in [0.4, 0.5) is 0 Å². The number of benzene rings is 2. The summed E-state index contributed by atoms with van der Waals surface area (Å²) >= 11 is 0. The molecule has 0 saturated carbocycles. The second-order valence-corrected chi connectivity index (χ2v) is 10.7. The van der Waals surface area contributed by atoms with Gasteiger partial charge in [-0.15, -0.1) is 0 Å². The summed E-state index contributed by atoms with van der Waals surface area (Å²) in [5.74, 6) is 0.0719. The van der Waals surface area contributed by atoms with Gasteiger partial charge in [0.2, 0.25) is 10.0 Å². The van der Waals surface area contributed by atoms with Gasteiger partial charge in [0.05, 0.1) is 11.5 Å². The fourth-order valence-electron chi connectivity index (χ4n) is 5.21. The van der Waals surface area contributed by atoms with Crippen molar-refractivity contribution in [2.45, 2.75) is 35.7 Å². The molecular weight excluding hydrogens is 436 g/mol. The molecule has 0 spiro atoms. The number of sulfonamides is 1. The van der Waals surface area contributed by atoms with Crippen molar-refractivity contribution in [3.63, 3.8) is 0 Å². The molecule has 5 rings (SSSR count). The highest BCUT2D eigenvalue weighted by Gasteiger charge is 2.50. The van der Waals surface area contributed by atoms with Crippen LogP contribution in [0.15, 0.2) is 78.2 Å². The maximum Gasteiger partial charge on any atom is 0.243 e. The third kappa shape index (κ3) is 4.19. The highest BCUT2D eigenvalue weighted by atomic mass is 32.2. The van der Waals surface area contributed by atoms with Crippen LogP contribution >= 0.6 is 0 Å². The van der Waals surface area contributed by atoms with Crippen molar-refractivity contribution >= 4 is 10.0 Å². The van der Waals surface area contributed by atoms with Crippen LogP contribution < -0.4 is 0 Å². The number of nitrogens with zero attached hydrogens (tertiary/aromatic N) is 4. The lowest BCUT2D eigenvalue weighted by atomic mass is 9.74. The van der Waals surface area contributed by atoms with Crippen molar-refractivity contribution in [3.05, 3.63) is 78.9 Å². The molecule has 2 aromatic carbocycles. The van der Waals surface area contributed by atoms with Crippen LogP contribution in [-0.4, -0.2) is 71.0 Å². The molecule has 0 radical (unpaired) electrons. The van der Waals surface area contributed by atoms with E-state index in [1.165, 1.54) is 6.33 Å². The van der Waals surface area contributed by atoms with Gasteiger partial charge in [-0.3, -0.25) is 4.90 Å². The first-order valence-electron chi connectivity index (χ1n) is 11.4. The molecule has 2 saturated heterocycles. The first-order valence-corrected chi connectivity index (χ1v) is 12.8. The number of aromatic nitrogens is 2. The molecular formula is C25H28N4O3S. The molecule has 3 aromatic rings. The molecule has 2 fully saturated rings. The zero-order valence-corrected chi connectivity index (χ0v) is 19.2. The van der Waals surface area contributed by atoms with E-state index in [0.717, 1.165) is 36.1 Å². The maximum absolute atomic E-state index is 13.4. The van der Waals surface area contributed by atoms with Gasteiger partial charge in [0.25, 0.3) is 0 Å². The average Bonchev–Trinajstić information content (AvgIpc) is 2.84. The van der Waals surface area contributed by atoms with E-state index < -0.39 is 10.0 Å². The number of aliphatic hydroxyl groups excluding tert-OH is 1. The van der Waals surface area contributed by atoms with Crippen molar-refractivity contribution in [1.29, 1.82) is 0 Å². The molecule has 0 unspecified atom stereocenters. The summed E-state index contributed by atoms with van der Waals surface area (Å²) in [6, 6.07) is 17.0. The van der Waals surface area contributed by atoms with E-state index in [-0.39, 0.29) is 24.6 Å². The summed E-state index contributed by atoms with van der Waals surface area (Å²) in [7, 11) is -3.57. The molecule has 2 aliphatic rings. The Bertz CT molecular complexity index is 1170. The van der Waals surface area contributed by atoms with Crippen LogP contribution in [0.3, 0.4) is 0 Å². The minimum absolute atomic E-state index is 0.000267. The van der Waals surface area contributed by atoms with Crippen LogP contribution in [0.25, 0.3) is 11.1 Å². The standard InChI is InChI=1S/C25H28N4O3S/c30-17-24-25(20-10-8-19(9-11-20)21-14-26-18-27-15-21)23-16-28(12-4-5-13-29(23)24)33(31,32)22-6-2-1-3-7-22/h1-3,6-11,14-15,18,23-25,30H,4-5,12-13,16-17H2/t23-,24+,25+/m1/s1. The Morgan fingerprint density at radius 1 is 0.909 bits per heavy atom. The van der Waals surface area contributed by atoms with Crippen molar-refractivity contribution in [2.24, 2.45) is 0 Å². The van der Waals surface area contributed by atoms with Gasteiger partial charge in [0.1, 0.15) is 6.33 Å². The minimum atomic E-state index is -3.57. The zero-order valence-electron chi connectivity index (χ0n) is 18.4. The molecule has 3 heterocycles. The summed E-state index contributed by atoms with van der Waals surface area (Å²) in [6.45, 7) is 1.88. The Kier molecular flexibility index (Phi) is 6.25. The normalized spacial score (nSPS) is 24.3. The zero-order chi connectivity index (χ0) is 22.8. The van der Waals surface area contributed by atoms with Crippen molar-refractivity contribution < 1.29 is 13.5 Å². The van der Waals surface area contributed by atoms with Gasteiger partial charge in [0, 0.05) is 49.0 Å². The Morgan fingerprint density at radius 2 is 1.61 bits per heavy atom. The molecule has 0 amide bonds. The summed E-state index contributed by atoms with van der Waals surface area (Å²) in [5, 5.41) is 10.2. The summed E-state index contributed by atoms with van der Waals surface area (Å²) in [4.78, 5) is 10.8. The molecule has 8 heteroatoms. The van der Waals surface area contributed by atoms with Crippen molar-refractivity contribution in [1.82, 2.24) is 19.2 Å². The SMILES string of the molecule is O=S(=O)(c1ccccc1)N1CCCCN2[C@H](C1)[C@H](c1ccc(-c3cncnc3)cc1)[C@@H]2CO. The van der Waals surface area contributed by atoms with Gasteiger partial charge in [-0.1, -0.05) is 42.5 Å². The van der Waals surface area contributed by atoms with Gasteiger partial charge in [-0.2, -0.15) is 4.31 Å². The van der Waals surface area contributed by atoms with Gasteiger partial charge in [-0.25, -0.2) is 18.4 Å². The van der Waals surface area contributed by atoms with Crippen LogP contribution in [0.5, 0.6) is 0 Å². The number of hydrogen-bond donors (Lipinski definition) is 1. The Hall–Kier alpha value is -2.65. The molecule has 33 heavy (non-hydrogen) atoms. The summed E-state index contributed by atoms with van der Waals surface area (Å²) < 4.78 is 28.4. The topological polar surface area (TPSA) is 86.6 Å². The average molecular weight is 465 g/mol. The predicted octanol–water partition coefficient (Wildman–Crippen LogP) is 2.76. The Balaban J connectivity index is 1.42. The predicted molar refractivity (Wildman–Crippen MR) is 126 cm³/mol. The van der Waals surface area contributed by atoms with Gasteiger partial charge in [0.15, 0.2) is 0 Å². The molecule has 3 atom stereocenters. The second kappa shape index (κ2) is 9.30. The molecule has 2 aliphatic heterocycles. The lowest BCUT2D eigenvalue weighted by Crippen LogP contribution is -2.67. The fraction of sp³-hybridized carbons (Fsp3) is 0.360. The summed E-state index contributed by atoms with van der Waals surface area (Å²) in [6.07, 6.45) is 6.80. The van der Waals surface area contributed by atoms with Gasteiger partial charge < -0.3 is 5.11 Å². The van der Waals surface area contributed by atoms with Crippen LogP contribution in [0.2, 0.25) is 0 Å². The number of hydrogen-bond acceptors (Lipinski definition) is 6. The van der Waals surface area contributed by atoms with E-state index in [0.29, 0.717) is 18.0 Å². The highest BCUT2D eigenvalue weighted by Crippen LogP contribution is 2.42. The van der Waals surface area contributed by atoms with Gasteiger partial charge >= 0.3 is 0 Å². The molecule has 0 bridgehead atoms. The molecule has 172 valence electrons. The quantitative estimate of drug-likeness (QED) is 0.625. The van der Waals surface area contributed by atoms with Crippen LogP contribution in [-0.2, 0) is 10.0 Å². The third-order valence-corrected chi connectivity index (χ3v) is 8.78. The van der Waals surface area contributed by atoms with E-state index in [1.54, 1.807) is 41.0 Å². The Labute approximate surface area is 194 Å². The van der Waals surface area contributed by atoms with Crippen LogP contribution in [0.1, 0.15) is 24.3 Å². The van der Waals surface area contributed by atoms with E-state index in [9.17, 15) is 13.5 Å². The third-order valence-electron chi connectivity index (χ3n) is 6.90. The number of fused-ring (bicyclic) bond motifs is 1. The molecule has 0 aliphatic carbocycles. The number of aliphatic hydroxyl groups is 1. The monoisotopic (exact) mass is 464 g/mol. The minimum Gasteiger partial charge on any atom is -0.395 e. The molecule has 7 nitrogen and oxygen atoms in total. The Morgan fingerprint density at radius 3 is 2.30 bits per heavy atom. The highest BCUT2D eigenvalue weighted by molar-refractivity contribution is 7.89. The van der Waals surface area contributed by atoms with E-state index in [2.05, 4.69) is 27.0 Å². The first kappa shape index (κ1) is 22.2. The maximum atomic E-state index is 13.4.